The molecule has 3 aliphatic rings. The number of methoxy groups -OCH3 is 1. The maximum absolute atomic E-state index is 15.0. The predicted octanol–water partition coefficient (Wildman–Crippen LogP) is 7.21. The number of carbonyl (C=O) groups excluding carboxylic acids is 4. The van der Waals surface area contributed by atoms with Crippen LogP contribution in [0.1, 0.15) is 97.2 Å². The fraction of sp³-hybridized carbons (Fsp3) is 0.477. The fourth-order valence-corrected chi connectivity index (χ4v) is 8.36. The van der Waals surface area contributed by atoms with Crippen molar-refractivity contribution in [3.05, 3.63) is 82.3 Å². The third-order valence-electron chi connectivity index (χ3n) is 10.9. The number of ether oxygens (including phenoxy) is 1. The topological polar surface area (TPSA) is 186 Å². The highest BCUT2D eigenvalue weighted by Crippen LogP contribution is 2.47. The van der Waals surface area contributed by atoms with Crippen LogP contribution in [0, 0.1) is 10.8 Å². The number of carbonyl (C=O) groups is 5. The minimum absolute atomic E-state index is 0.00615. The van der Waals surface area contributed by atoms with E-state index in [1.807, 2.05) is 76.2 Å². The molecule has 0 saturated heterocycles. The second-order valence-electron chi connectivity index (χ2n) is 16.7. The summed E-state index contributed by atoms with van der Waals surface area (Å²) in [6.45, 7) is 10.9. The quantitative estimate of drug-likeness (QED) is 0.167. The molecule has 2 amide bonds. The molecule has 0 saturated carbocycles. The number of fused-ring (bicyclic) bond motifs is 3. The lowest BCUT2D eigenvalue weighted by molar-refractivity contribution is -0.140. The van der Waals surface area contributed by atoms with Gasteiger partial charge in [-0.25, -0.2) is 4.79 Å². The molecule has 3 N–H and O–H groups in total. The number of Topliss-reactive ketones (excluding diaryl/α,β-unsaturated/α-hetero) is 2. The van der Waals surface area contributed by atoms with E-state index in [0.717, 1.165) is 22.3 Å². The molecule has 0 heterocycles. The molecule has 2 aromatic rings. The van der Waals surface area contributed by atoms with E-state index < -0.39 is 47.3 Å². The monoisotopic (exact) mass is 782 g/mol. The standard InChI is InChI=1S/C44H54N4O9/c1-26(38-33(49)22-43(3,4)23-34(38)50)45-18-20-47(21-19-46-27(2)39-35(51)24-44(5,6)25-36(39)52)41(55)32(16-17-37(53)54)48(42(56)57-7)40-30-14-10-8-12-28(30)29-13-9-11-15-31(29)40/h8-15,32,40,49,51H,16-25H2,1-7H3,(H,53,54)/t32-/m0/s1. The van der Waals surface area contributed by atoms with E-state index in [1.165, 1.54) is 16.9 Å². The van der Waals surface area contributed by atoms with Gasteiger partial charge in [-0.3, -0.25) is 34.1 Å². The maximum atomic E-state index is 15.0. The molecule has 5 rings (SSSR count). The number of aliphatic hydroxyl groups excluding tert-OH is 2. The number of amides is 2. The first-order chi connectivity index (χ1) is 26.9. The van der Waals surface area contributed by atoms with Crippen LogP contribution < -0.4 is 0 Å². The Morgan fingerprint density at radius 3 is 1.61 bits per heavy atom. The number of hydrogen-bond acceptors (Lipinski definition) is 10. The van der Waals surface area contributed by atoms with Gasteiger partial charge in [0.05, 0.1) is 37.4 Å². The van der Waals surface area contributed by atoms with E-state index in [2.05, 4.69) is 9.98 Å². The van der Waals surface area contributed by atoms with Crippen LogP contribution in [0.3, 0.4) is 0 Å². The summed E-state index contributed by atoms with van der Waals surface area (Å²) in [6, 6.07) is 13.0. The summed E-state index contributed by atoms with van der Waals surface area (Å²) < 4.78 is 5.31. The SMILES string of the molecule is COC(=O)N(C1c2ccccc2-c2ccccc21)[C@@H](CCC(=O)O)C(=O)N(CCN=C(C)C1=C(O)CC(C)(C)CC1=O)CCN=C(C)C1=C(O)CC(C)(C)CC1=O. The number of aliphatic imine (C=N–C) groups is 2. The number of aliphatic carboxylic acids is 1. The molecule has 2 aromatic carbocycles. The molecule has 0 aliphatic heterocycles. The maximum Gasteiger partial charge on any atom is 0.410 e. The molecule has 0 spiro atoms. The van der Waals surface area contributed by atoms with Gasteiger partial charge in [0, 0.05) is 56.6 Å². The average Bonchev–Trinajstić information content (AvgIpc) is 3.44. The van der Waals surface area contributed by atoms with E-state index >= 15 is 0 Å². The largest absolute Gasteiger partial charge is 0.511 e. The molecule has 1 atom stereocenters. The Bertz CT molecular complexity index is 1960. The van der Waals surface area contributed by atoms with Crippen LogP contribution in [0.15, 0.2) is 81.2 Å². The molecular formula is C44H54N4O9. The van der Waals surface area contributed by atoms with Gasteiger partial charge in [-0.05, 0) is 53.4 Å². The molecule has 0 bridgehead atoms. The van der Waals surface area contributed by atoms with Crippen molar-refractivity contribution in [2.75, 3.05) is 33.3 Å². The number of carboxylic acids is 1. The van der Waals surface area contributed by atoms with Gasteiger partial charge in [0.15, 0.2) is 11.6 Å². The zero-order chi connectivity index (χ0) is 41.8. The summed E-state index contributed by atoms with van der Waals surface area (Å²) in [5, 5.41) is 31.4. The van der Waals surface area contributed by atoms with Crippen LogP contribution >= 0.6 is 0 Å². The molecule has 13 nitrogen and oxygen atoms in total. The molecule has 0 unspecified atom stereocenters. The summed E-state index contributed by atoms with van der Waals surface area (Å²) in [4.78, 5) is 79.0. The van der Waals surface area contributed by atoms with E-state index in [4.69, 9.17) is 4.74 Å². The summed E-state index contributed by atoms with van der Waals surface area (Å²) >= 11 is 0. The molecule has 3 aliphatic carbocycles. The first-order valence-corrected chi connectivity index (χ1v) is 19.3. The molecule has 57 heavy (non-hydrogen) atoms. The Morgan fingerprint density at radius 2 is 1.21 bits per heavy atom. The van der Waals surface area contributed by atoms with E-state index in [9.17, 15) is 39.3 Å². The van der Waals surface area contributed by atoms with Crippen molar-refractivity contribution in [3.8, 4) is 11.1 Å². The molecule has 304 valence electrons. The highest BCUT2D eigenvalue weighted by atomic mass is 16.5. The number of carboxylic acid groups (broad SMARTS) is 1. The van der Waals surface area contributed by atoms with Crippen LogP contribution in [0.2, 0.25) is 0 Å². The molecule has 13 heteroatoms. The van der Waals surface area contributed by atoms with Gasteiger partial charge in [-0.2, -0.15) is 0 Å². The van der Waals surface area contributed by atoms with Gasteiger partial charge >= 0.3 is 12.1 Å². The number of allylic oxidation sites excluding steroid dienone is 4. The Labute approximate surface area is 333 Å². The van der Waals surface area contributed by atoms with Crippen LogP contribution in [-0.2, 0) is 23.9 Å². The van der Waals surface area contributed by atoms with Crippen molar-refractivity contribution in [1.29, 1.82) is 0 Å². The number of hydrogen-bond donors (Lipinski definition) is 3. The third kappa shape index (κ3) is 9.52. The smallest absolute Gasteiger partial charge is 0.410 e. The lowest BCUT2D eigenvalue weighted by Gasteiger charge is -2.38. The molecular weight excluding hydrogens is 729 g/mol. The Kier molecular flexibility index (Phi) is 12.9. The Morgan fingerprint density at radius 1 is 0.772 bits per heavy atom. The summed E-state index contributed by atoms with van der Waals surface area (Å²) in [5.74, 6) is -2.24. The minimum Gasteiger partial charge on any atom is -0.511 e. The van der Waals surface area contributed by atoms with E-state index in [0.29, 0.717) is 24.3 Å². The highest BCUT2D eigenvalue weighted by molar-refractivity contribution is 6.23. The second kappa shape index (κ2) is 17.3. The van der Waals surface area contributed by atoms with Gasteiger partial charge in [0.25, 0.3) is 0 Å². The van der Waals surface area contributed by atoms with Crippen LogP contribution in [0.4, 0.5) is 4.79 Å². The lowest BCUT2D eigenvalue weighted by Crippen LogP contribution is -2.53. The number of rotatable bonds is 14. The first-order valence-electron chi connectivity index (χ1n) is 19.3. The Balaban J connectivity index is 1.53. The number of aliphatic hydroxyl groups is 2. The number of benzene rings is 2. The summed E-state index contributed by atoms with van der Waals surface area (Å²) in [7, 11) is 1.21. The fourth-order valence-electron chi connectivity index (χ4n) is 8.36. The van der Waals surface area contributed by atoms with Crippen molar-refractivity contribution >= 4 is 41.0 Å². The number of nitrogens with zero attached hydrogens (tertiary/aromatic N) is 4. The van der Waals surface area contributed by atoms with Crippen molar-refractivity contribution in [1.82, 2.24) is 9.80 Å². The van der Waals surface area contributed by atoms with E-state index in [-0.39, 0.29) is 79.7 Å². The first kappa shape index (κ1) is 42.6. The van der Waals surface area contributed by atoms with Gasteiger partial charge in [-0.15, -0.1) is 0 Å². The molecule has 0 aromatic heterocycles. The molecule has 0 radical (unpaired) electrons. The summed E-state index contributed by atoms with van der Waals surface area (Å²) in [5.41, 5.74) is 3.45. The zero-order valence-corrected chi connectivity index (χ0v) is 33.9. The van der Waals surface area contributed by atoms with Crippen molar-refractivity contribution in [2.45, 2.75) is 92.2 Å². The van der Waals surface area contributed by atoms with Crippen molar-refractivity contribution < 1.29 is 44.0 Å². The zero-order valence-electron chi connectivity index (χ0n) is 33.9. The minimum atomic E-state index is -1.31. The average molecular weight is 783 g/mol. The normalized spacial score (nSPS) is 18.6. The lowest BCUT2D eigenvalue weighted by atomic mass is 9.76. The van der Waals surface area contributed by atoms with Crippen molar-refractivity contribution in [3.63, 3.8) is 0 Å². The van der Waals surface area contributed by atoms with Crippen LogP contribution in [-0.4, -0.2) is 105 Å². The third-order valence-corrected chi connectivity index (χ3v) is 10.9. The Hall–Kier alpha value is -5.59. The van der Waals surface area contributed by atoms with E-state index in [1.54, 1.807) is 13.8 Å². The summed E-state index contributed by atoms with van der Waals surface area (Å²) in [6.07, 6.45) is -0.361. The second-order valence-corrected chi connectivity index (χ2v) is 16.7. The van der Waals surface area contributed by atoms with Crippen LogP contribution in [0.5, 0.6) is 0 Å². The molecule has 0 fully saturated rings. The predicted molar refractivity (Wildman–Crippen MR) is 217 cm³/mol. The van der Waals surface area contributed by atoms with Gasteiger partial charge < -0.3 is 25.0 Å². The van der Waals surface area contributed by atoms with Crippen molar-refractivity contribution in [2.24, 2.45) is 20.8 Å². The van der Waals surface area contributed by atoms with Gasteiger partial charge in [0.2, 0.25) is 5.91 Å². The van der Waals surface area contributed by atoms with Gasteiger partial charge in [-0.1, -0.05) is 76.2 Å². The van der Waals surface area contributed by atoms with Crippen LogP contribution in [0.25, 0.3) is 11.1 Å². The van der Waals surface area contributed by atoms with Gasteiger partial charge in [0.1, 0.15) is 17.6 Å². The highest BCUT2D eigenvalue weighted by Gasteiger charge is 2.43. The number of ketones is 2.